The third-order valence-electron chi connectivity index (χ3n) is 23.3. The molecule has 9 fully saturated rings. The number of allylic oxidation sites excluding steroid dienone is 2. The van der Waals surface area contributed by atoms with Gasteiger partial charge in [-0.3, -0.25) is 0 Å². The zero-order chi connectivity index (χ0) is 62.9. The summed E-state index contributed by atoms with van der Waals surface area (Å²) in [5.41, 5.74) is -1.46. The van der Waals surface area contributed by atoms with Crippen molar-refractivity contribution >= 4 is 5.97 Å². The number of aliphatic hydroxyl groups is 15. The Kier molecular flexibility index (Phi) is 19.2. The third kappa shape index (κ3) is 11.1. The van der Waals surface area contributed by atoms with Gasteiger partial charge in [-0.25, -0.2) is 4.79 Å². The summed E-state index contributed by atoms with van der Waals surface area (Å²) in [7, 11) is 0. The van der Waals surface area contributed by atoms with Crippen molar-refractivity contribution in [2.45, 2.75) is 273 Å². The molecule has 34 unspecified atom stereocenters. The second-order valence-corrected chi connectivity index (χ2v) is 28.8. The van der Waals surface area contributed by atoms with Crippen LogP contribution >= 0.6 is 0 Å². The van der Waals surface area contributed by atoms with E-state index >= 15 is 0 Å². The number of carboxylic acids is 1. The fraction of sp³-hybridized carbons (Fsp3) is 0.949. The molecule has 494 valence electrons. The van der Waals surface area contributed by atoms with Crippen LogP contribution in [0.4, 0.5) is 0 Å². The van der Waals surface area contributed by atoms with Crippen molar-refractivity contribution in [2.75, 3.05) is 26.4 Å². The number of carboxylic acid groups (broad SMARTS) is 1. The second-order valence-electron chi connectivity index (χ2n) is 28.8. The predicted molar refractivity (Wildman–Crippen MR) is 290 cm³/mol. The van der Waals surface area contributed by atoms with Crippen LogP contribution in [0, 0.1) is 50.2 Å². The minimum Gasteiger partial charge on any atom is -0.479 e. The van der Waals surface area contributed by atoms with Gasteiger partial charge in [0.1, 0.15) is 104 Å². The Morgan fingerprint density at radius 2 is 1.08 bits per heavy atom. The summed E-state index contributed by atoms with van der Waals surface area (Å²) in [6.07, 6.45) is -33.8. The second kappa shape index (κ2) is 24.6. The molecule has 10 aliphatic rings. The van der Waals surface area contributed by atoms with Crippen molar-refractivity contribution in [3.8, 4) is 0 Å². The lowest BCUT2D eigenvalue weighted by molar-refractivity contribution is -0.396. The van der Waals surface area contributed by atoms with Gasteiger partial charge in [-0.15, -0.1) is 0 Å². The largest absolute Gasteiger partial charge is 0.479 e. The molecule has 0 aromatic rings. The Hall–Kier alpha value is -1.79. The van der Waals surface area contributed by atoms with E-state index in [1.54, 1.807) is 0 Å². The van der Waals surface area contributed by atoms with Crippen LogP contribution in [0.1, 0.15) is 113 Å². The average molecular weight is 1240 g/mol. The first-order valence-electron chi connectivity index (χ1n) is 30.7. The Morgan fingerprint density at radius 3 is 1.70 bits per heavy atom. The minimum absolute atomic E-state index is 0.0183. The first-order chi connectivity index (χ1) is 40.2. The number of hydrogen-bond donors (Lipinski definition) is 16. The molecule has 5 heterocycles. The average Bonchev–Trinajstić information content (AvgIpc) is 0.711. The predicted octanol–water partition coefficient (Wildman–Crippen LogP) is -3.01. The molecule has 0 aromatic carbocycles. The van der Waals surface area contributed by atoms with Crippen LogP contribution in [-0.2, 0) is 52.2 Å². The molecule has 5 aliphatic carbocycles. The van der Waals surface area contributed by atoms with Gasteiger partial charge >= 0.3 is 5.97 Å². The molecule has 0 amide bonds. The van der Waals surface area contributed by atoms with Gasteiger partial charge in [-0.2, -0.15) is 0 Å². The molecular weight excluding hydrogens is 1140 g/mol. The Morgan fingerprint density at radius 1 is 0.535 bits per heavy atom. The molecule has 5 saturated heterocycles. The highest BCUT2D eigenvalue weighted by molar-refractivity contribution is 5.73. The molecule has 4 saturated carbocycles. The van der Waals surface area contributed by atoms with Gasteiger partial charge in [0.2, 0.25) is 0 Å². The van der Waals surface area contributed by atoms with Crippen LogP contribution in [0.5, 0.6) is 0 Å². The normalized spacial score (nSPS) is 55.7. The molecule has 27 nitrogen and oxygen atoms in total. The smallest absolute Gasteiger partial charge is 0.335 e. The SMILES string of the molecule is CC1OC(OC2C(OC3C(OC4CCC5(C)C(CCC6(C)C5CC=C5C7CC(C)(C)CC(OC8OCC(O)C(O)C8OC8OC(CO)C(O)C(O)C8O)C7(C)CCC56C)C4(C)CO)OC(C(=O)O)C(O)C3O)OC(CO)C(O)C2O)C(O)C(O)C1O. The standard InChI is InChI=1S/C59H96O27/c1-23-33(64)37(68)42(73)49(78-23)85-46-39(70)36(67)28(20-61)80-52(46)86-47-41(72)40(71)44(48(75)76)83-53(47)81-31-12-13-56(5)29(57(31,6)22-62)11-14-59(8)30(56)10-9-24-25-17-54(2,3)18-32(55(25,4)15-16-58(24,59)7)82-51-45(34(65)26(63)21-77-51)84-50-43(74)38(69)35(66)27(19-60)79-50/h9,23,25-47,49-53,60-74H,10-22H2,1-8H3,(H,75,76). The molecule has 0 aromatic heterocycles. The van der Waals surface area contributed by atoms with E-state index in [-0.39, 0.29) is 47.2 Å². The Labute approximate surface area is 499 Å². The molecule has 16 N–H and O–H groups in total. The third-order valence-corrected chi connectivity index (χ3v) is 23.3. The molecule has 0 spiro atoms. The summed E-state index contributed by atoms with van der Waals surface area (Å²) in [6, 6.07) is 0. The molecular formula is C59H96O27. The van der Waals surface area contributed by atoms with Crippen molar-refractivity contribution < 1.29 is 134 Å². The summed E-state index contributed by atoms with van der Waals surface area (Å²) < 4.78 is 61.3. The Bertz CT molecular complexity index is 2400. The van der Waals surface area contributed by atoms with Gasteiger partial charge in [-0.1, -0.05) is 60.1 Å². The van der Waals surface area contributed by atoms with Crippen LogP contribution in [0.15, 0.2) is 11.6 Å². The summed E-state index contributed by atoms with van der Waals surface area (Å²) in [5.74, 6) is -1.74. The lowest BCUT2D eigenvalue weighted by Crippen LogP contribution is -2.68. The lowest BCUT2D eigenvalue weighted by atomic mass is 9.33. The van der Waals surface area contributed by atoms with E-state index in [2.05, 4.69) is 47.6 Å². The highest BCUT2D eigenvalue weighted by Crippen LogP contribution is 2.76. The summed E-state index contributed by atoms with van der Waals surface area (Å²) >= 11 is 0. The van der Waals surface area contributed by atoms with Crippen molar-refractivity contribution in [3.05, 3.63) is 11.6 Å². The van der Waals surface area contributed by atoms with Crippen molar-refractivity contribution in [1.29, 1.82) is 0 Å². The zero-order valence-corrected chi connectivity index (χ0v) is 50.2. The molecule has 10 rings (SSSR count). The topological polar surface area (TPSA) is 433 Å². The molecule has 34 atom stereocenters. The molecule has 86 heavy (non-hydrogen) atoms. The van der Waals surface area contributed by atoms with Crippen molar-refractivity contribution in [1.82, 2.24) is 0 Å². The number of fused-ring (bicyclic) bond motifs is 7. The number of aliphatic carboxylic acids is 1. The highest BCUT2D eigenvalue weighted by Gasteiger charge is 2.70. The van der Waals surface area contributed by atoms with E-state index in [1.165, 1.54) is 12.5 Å². The fourth-order valence-electron chi connectivity index (χ4n) is 17.8. The van der Waals surface area contributed by atoms with E-state index in [4.69, 9.17) is 47.4 Å². The summed E-state index contributed by atoms with van der Waals surface area (Å²) in [5, 5.41) is 173. The molecule has 0 bridgehead atoms. The number of aliphatic hydroxyl groups excluding tert-OH is 15. The monoisotopic (exact) mass is 1240 g/mol. The zero-order valence-electron chi connectivity index (χ0n) is 50.2. The van der Waals surface area contributed by atoms with Crippen LogP contribution in [0.2, 0.25) is 0 Å². The number of carbonyl (C=O) groups is 1. The molecule has 27 heteroatoms. The number of hydrogen-bond acceptors (Lipinski definition) is 26. The quantitative estimate of drug-likeness (QED) is 0.0608. The molecule has 0 radical (unpaired) electrons. The molecule has 5 aliphatic heterocycles. The minimum atomic E-state index is -2.13. The maximum atomic E-state index is 12.6. The Balaban J connectivity index is 0.897. The van der Waals surface area contributed by atoms with Gasteiger partial charge in [0.05, 0.1) is 44.7 Å². The maximum absolute atomic E-state index is 12.6. The van der Waals surface area contributed by atoms with Gasteiger partial charge in [0.25, 0.3) is 0 Å². The van der Waals surface area contributed by atoms with Gasteiger partial charge in [0.15, 0.2) is 37.6 Å². The number of ether oxygens (including phenoxy) is 10. The van der Waals surface area contributed by atoms with Gasteiger partial charge in [0, 0.05) is 10.8 Å². The van der Waals surface area contributed by atoms with Crippen LogP contribution in [0.25, 0.3) is 0 Å². The fourth-order valence-corrected chi connectivity index (χ4v) is 17.8. The van der Waals surface area contributed by atoms with Crippen molar-refractivity contribution in [3.63, 3.8) is 0 Å². The summed E-state index contributed by atoms with van der Waals surface area (Å²) in [6.45, 7) is 14.7. The van der Waals surface area contributed by atoms with E-state index in [9.17, 15) is 86.5 Å². The van der Waals surface area contributed by atoms with E-state index < -0.39 is 195 Å². The maximum Gasteiger partial charge on any atom is 0.335 e. The van der Waals surface area contributed by atoms with Crippen LogP contribution < -0.4 is 0 Å². The first-order valence-corrected chi connectivity index (χ1v) is 30.7. The lowest BCUT2D eigenvalue weighted by Gasteiger charge is -2.72. The van der Waals surface area contributed by atoms with E-state index in [0.717, 1.165) is 25.7 Å². The van der Waals surface area contributed by atoms with Crippen molar-refractivity contribution in [2.24, 2.45) is 50.2 Å². The van der Waals surface area contributed by atoms with Crippen LogP contribution in [-0.4, -0.2) is 274 Å². The van der Waals surface area contributed by atoms with Gasteiger partial charge in [-0.05, 0) is 104 Å². The van der Waals surface area contributed by atoms with Gasteiger partial charge < -0.3 is 129 Å². The van der Waals surface area contributed by atoms with E-state index in [1.807, 2.05) is 6.92 Å². The highest BCUT2D eigenvalue weighted by atomic mass is 16.8. The summed E-state index contributed by atoms with van der Waals surface area (Å²) in [4.78, 5) is 12.6. The number of rotatable bonds is 14. The van der Waals surface area contributed by atoms with Crippen LogP contribution in [0.3, 0.4) is 0 Å². The first kappa shape index (κ1) is 67.1. The van der Waals surface area contributed by atoms with E-state index in [0.29, 0.717) is 32.1 Å².